The van der Waals surface area contributed by atoms with Gasteiger partial charge in [-0.15, -0.1) is 0 Å². The van der Waals surface area contributed by atoms with E-state index < -0.39 is 0 Å². The van der Waals surface area contributed by atoms with Crippen molar-refractivity contribution in [3.8, 4) is 0 Å². The van der Waals surface area contributed by atoms with Crippen LogP contribution in [0.1, 0.15) is 16.8 Å². The van der Waals surface area contributed by atoms with Crippen molar-refractivity contribution < 1.29 is 9.59 Å². The molecule has 23 heavy (non-hydrogen) atoms. The van der Waals surface area contributed by atoms with Crippen molar-refractivity contribution in [3.05, 3.63) is 62.5 Å². The largest absolute Gasteiger partial charge is 0.351 e. The Morgan fingerprint density at radius 1 is 1.04 bits per heavy atom. The second-order valence-electron chi connectivity index (χ2n) is 4.66. The van der Waals surface area contributed by atoms with Gasteiger partial charge in [0.1, 0.15) is 0 Å². The van der Waals surface area contributed by atoms with Crippen molar-refractivity contribution >= 4 is 56.6 Å². The van der Waals surface area contributed by atoms with Gasteiger partial charge >= 0.3 is 0 Å². The van der Waals surface area contributed by atoms with E-state index in [9.17, 15) is 9.59 Å². The minimum atomic E-state index is -0.315. The zero-order chi connectivity index (χ0) is 16.8. The Morgan fingerprint density at radius 2 is 1.78 bits per heavy atom. The van der Waals surface area contributed by atoms with Crippen LogP contribution >= 0.6 is 39.1 Å². The number of halogens is 3. The van der Waals surface area contributed by atoms with Crippen LogP contribution in [0.15, 0.2) is 46.9 Å². The number of anilines is 1. The zero-order valence-corrected chi connectivity index (χ0v) is 15.0. The first-order valence-corrected chi connectivity index (χ1v) is 8.30. The second-order valence-corrected chi connectivity index (χ2v) is 6.39. The van der Waals surface area contributed by atoms with Crippen LogP contribution in [0.5, 0.6) is 0 Å². The molecule has 0 radical (unpaired) electrons. The number of hydrogen-bond acceptors (Lipinski definition) is 2. The number of benzene rings is 2. The van der Waals surface area contributed by atoms with E-state index in [-0.39, 0.29) is 24.8 Å². The van der Waals surface area contributed by atoms with Crippen LogP contribution in [0.4, 0.5) is 5.69 Å². The topological polar surface area (TPSA) is 58.2 Å². The van der Waals surface area contributed by atoms with Crippen LogP contribution in [0.25, 0.3) is 0 Å². The molecule has 0 aliphatic rings. The highest BCUT2D eigenvalue weighted by molar-refractivity contribution is 9.10. The molecule has 0 atom stereocenters. The molecule has 120 valence electrons. The second kappa shape index (κ2) is 8.34. The van der Waals surface area contributed by atoms with Gasteiger partial charge in [0.25, 0.3) is 5.91 Å². The average molecular weight is 416 g/mol. The third-order valence-corrected chi connectivity index (χ3v) is 4.10. The van der Waals surface area contributed by atoms with E-state index >= 15 is 0 Å². The summed E-state index contributed by atoms with van der Waals surface area (Å²) in [5.41, 5.74) is 0.905. The standard InChI is InChI=1S/C16H13BrCl2N2O2/c17-10-5-6-14(13(19)9-10)21-15(22)7-8-20-16(23)11-3-1-2-4-12(11)18/h1-6,9H,7-8H2,(H,20,23)(H,21,22). The number of rotatable bonds is 5. The molecule has 4 nitrogen and oxygen atoms in total. The van der Waals surface area contributed by atoms with Gasteiger partial charge in [0.05, 0.1) is 21.3 Å². The summed E-state index contributed by atoms with van der Waals surface area (Å²) >= 11 is 15.3. The fourth-order valence-electron chi connectivity index (χ4n) is 1.83. The van der Waals surface area contributed by atoms with Gasteiger partial charge in [-0.2, -0.15) is 0 Å². The van der Waals surface area contributed by atoms with Gasteiger partial charge in [0, 0.05) is 17.4 Å². The lowest BCUT2D eigenvalue weighted by molar-refractivity contribution is -0.116. The summed E-state index contributed by atoms with van der Waals surface area (Å²) in [5.74, 6) is -0.557. The maximum absolute atomic E-state index is 11.9. The molecule has 0 fully saturated rings. The number of carbonyl (C=O) groups is 2. The molecular formula is C16H13BrCl2N2O2. The summed E-state index contributed by atoms with van der Waals surface area (Å²) in [4.78, 5) is 23.8. The van der Waals surface area contributed by atoms with Crippen molar-refractivity contribution in [1.29, 1.82) is 0 Å². The maximum Gasteiger partial charge on any atom is 0.252 e. The summed E-state index contributed by atoms with van der Waals surface area (Å²) in [6.07, 6.45) is 0.128. The molecule has 0 aliphatic heterocycles. The molecule has 2 amide bonds. The molecule has 2 N–H and O–H groups in total. The Hall–Kier alpha value is -1.56. The molecule has 0 heterocycles. The molecule has 0 bridgehead atoms. The monoisotopic (exact) mass is 414 g/mol. The molecule has 2 aromatic carbocycles. The quantitative estimate of drug-likeness (QED) is 0.754. The van der Waals surface area contributed by atoms with E-state index in [1.165, 1.54) is 0 Å². The summed E-state index contributed by atoms with van der Waals surface area (Å²) in [7, 11) is 0. The molecule has 0 aliphatic carbocycles. The molecule has 7 heteroatoms. The molecule has 0 aromatic heterocycles. The number of nitrogens with one attached hydrogen (secondary N) is 2. The van der Waals surface area contributed by atoms with E-state index in [1.54, 1.807) is 42.5 Å². The molecule has 2 aromatic rings. The highest BCUT2D eigenvalue weighted by Crippen LogP contribution is 2.25. The third kappa shape index (κ3) is 5.23. The van der Waals surface area contributed by atoms with Gasteiger partial charge in [0.15, 0.2) is 0 Å². The predicted molar refractivity (Wildman–Crippen MR) is 96.2 cm³/mol. The Morgan fingerprint density at radius 3 is 2.48 bits per heavy atom. The van der Waals surface area contributed by atoms with Gasteiger partial charge in [-0.25, -0.2) is 0 Å². The van der Waals surface area contributed by atoms with Crippen LogP contribution in [0.3, 0.4) is 0 Å². The summed E-state index contributed by atoms with van der Waals surface area (Å²) in [5, 5.41) is 6.16. The van der Waals surface area contributed by atoms with Crippen molar-refractivity contribution in [3.63, 3.8) is 0 Å². The fraction of sp³-hybridized carbons (Fsp3) is 0.125. The third-order valence-electron chi connectivity index (χ3n) is 2.96. The smallest absolute Gasteiger partial charge is 0.252 e. The summed E-state index contributed by atoms with van der Waals surface area (Å²) in [6, 6.07) is 11.9. The number of amides is 2. The first-order chi connectivity index (χ1) is 11.0. The lowest BCUT2D eigenvalue weighted by Gasteiger charge is -2.09. The van der Waals surface area contributed by atoms with Crippen LogP contribution in [-0.2, 0) is 4.79 Å². The normalized spacial score (nSPS) is 10.2. The van der Waals surface area contributed by atoms with Crippen LogP contribution < -0.4 is 10.6 Å². The first kappa shape index (κ1) is 17.8. The van der Waals surface area contributed by atoms with E-state index in [0.717, 1.165) is 4.47 Å². The zero-order valence-electron chi connectivity index (χ0n) is 11.9. The molecule has 0 saturated carbocycles. The Bertz CT molecular complexity index is 738. The van der Waals surface area contributed by atoms with Gasteiger partial charge < -0.3 is 10.6 Å². The summed E-state index contributed by atoms with van der Waals surface area (Å²) in [6.45, 7) is 0.198. The minimum Gasteiger partial charge on any atom is -0.351 e. The Kier molecular flexibility index (Phi) is 6.45. The minimum absolute atomic E-state index is 0.128. The van der Waals surface area contributed by atoms with Crippen molar-refractivity contribution in [2.24, 2.45) is 0 Å². The fourth-order valence-corrected chi connectivity index (χ4v) is 2.78. The van der Waals surface area contributed by atoms with Gasteiger partial charge in [-0.1, -0.05) is 51.3 Å². The first-order valence-electron chi connectivity index (χ1n) is 6.75. The van der Waals surface area contributed by atoms with E-state index in [2.05, 4.69) is 26.6 Å². The van der Waals surface area contributed by atoms with Gasteiger partial charge in [-0.3, -0.25) is 9.59 Å². The van der Waals surface area contributed by atoms with E-state index in [4.69, 9.17) is 23.2 Å². The molecule has 0 spiro atoms. The molecule has 2 rings (SSSR count). The Balaban J connectivity index is 1.83. The molecule has 0 unspecified atom stereocenters. The highest BCUT2D eigenvalue weighted by Gasteiger charge is 2.10. The van der Waals surface area contributed by atoms with Gasteiger partial charge in [-0.05, 0) is 30.3 Å². The highest BCUT2D eigenvalue weighted by atomic mass is 79.9. The van der Waals surface area contributed by atoms with E-state index in [1.807, 2.05) is 0 Å². The summed E-state index contributed by atoms with van der Waals surface area (Å²) < 4.78 is 0.826. The predicted octanol–water partition coefficient (Wildman–Crippen LogP) is 4.51. The maximum atomic E-state index is 11.9. The van der Waals surface area contributed by atoms with Crippen LogP contribution in [0.2, 0.25) is 10.0 Å². The molecule has 0 saturated heterocycles. The van der Waals surface area contributed by atoms with Crippen LogP contribution in [-0.4, -0.2) is 18.4 Å². The number of hydrogen-bond donors (Lipinski definition) is 2. The lowest BCUT2D eigenvalue weighted by Crippen LogP contribution is -2.27. The SMILES string of the molecule is O=C(CCNC(=O)c1ccccc1Cl)Nc1ccc(Br)cc1Cl. The number of carbonyl (C=O) groups excluding carboxylic acids is 2. The van der Waals surface area contributed by atoms with Crippen molar-refractivity contribution in [1.82, 2.24) is 5.32 Å². The van der Waals surface area contributed by atoms with Gasteiger partial charge in [0.2, 0.25) is 5.91 Å². The van der Waals surface area contributed by atoms with Crippen LogP contribution in [0, 0.1) is 0 Å². The van der Waals surface area contributed by atoms with Crippen molar-refractivity contribution in [2.45, 2.75) is 6.42 Å². The van der Waals surface area contributed by atoms with Crippen molar-refractivity contribution in [2.75, 3.05) is 11.9 Å². The lowest BCUT2D eigenvalue weighted by atomic mass is 10.2. The Labute approximate surface area is 152 Å². The average Bonchev–Trinajstić information content (AvgIpc) is 2.50. The molecular weight excluding hydrogens is 403 g/mol. The van der Waals surface area contributed by atoms with E-state index in [0.29, 0.717) is 21.3 Å².